The van der Waals surface area contributed by atoms with Crippen molar-refractivity contribution in [3.8, 4) is 0 Å². The lowest BCUT2D eigenvalue weighted by atomic mass is 10.2. The van der Waals surface area contributed by atoms with Gasteiger partial charge in [-0.2, -0.15) is 5.10 Å². The number of hydrogen-bond donors (Lipinski definition) is 2. The van der Waals surface area contributed by atoms with E-state index in [1.807, 2.05) is 19.9 Å². The third-order valence-electron chi connectivity index (χ3n) is 2.93. The molecule has 0 aliphatic heterocycles. The number of pyridine rings is 1. The molecule has 0 aromatic carbocycles. The molecule has 21 heavy (non-hydrogen) atoms. The highest BCUT2D eigenvalue weighted by Gasteiger charge is 2.08. The van der Waals surface area contributed by atoms with Crippen LogP contribution in [0.4, 0.5) is 5.82 Å². The van der Waals surface area contributed by atoms with Gasteiger partial charge in [0, 0.05) is 24.9 Å². The molecule has 0 bridgehead atoms. The third kappa shape index (κ3) is 3.88. The van der Waals surface area contributed by atoms with Crippen LogP contribution < -0.4 is 5.32 Å². The molecule has 2 heterocycles. The number of anilines is 1. The van der Waals surface area contributed by atoms with Crippen molar-refractivity contribution in [2.75, 3.05) is 5.32 Å². The van der Waals surface area contributed by atoms with Crippen LogP contribution in [-0.2, 0) is 11.3 Å². The first kappa shape index (κ1) is 14.7. The van der Waals surface area contributed by atoms with E-state index in [9.17, 15) is 9.59 Å². The molecule has 2 aromatic rings. The van der Waals surface area contributed by atoms with Gasteiger partial charge in [0.2, 0.25) is 5.91 Å². The second-order valence-corrected chi connectivity index (χ2v) is 4.68. The van der Waals surface area contributed by atoms with Crippen LogP contribution in [0.25, 0.3) is 0 Å². The molecule has 0 spiro atoms. The van der Waals surface area contributed by atoms with Crippen molar-refractivity contribution in [1.29, 1.82) is 0 Å². The summed E-state index contributed by atoms with van der Waals surface area (Å²) in [6.45, 7) is 4.28. The Morgan fingerprint density at radius 3 is 2.71 bits per heavy atom. The maximum atomic E-state index is 11.8. The van der Waals surface area contributed by atoms with Gasteiger partial charge in [-0.05, 0) is 32.0 Å². The maximum Gasteiger partial charge on any atom is 0.335 e. The van der Waals surface area contributed by atoms with Crippen LogP contribution in [0.3, 0.4) is 0 Å². The molecule has 0 aliphatic carbocycles. The van der Waals surface area contributed by atoms with Gasteiger partial charge >= 0.3 is 5.97 Å². The zero-order chi connectivity index (χ0) is 15.4. The molecule has 2 aromatic heterocycles. The van der Waals surface area contributed by atoms with Crippen molar-refractivity contribution in [2.24, 2.45) is 0 Å². The summed E-state index contributed by atoms with van der Waals surface area (Å²) in [7, 11) is 0. The minimum absolute atomic E-state index is 0.0823. The number of aromatic carboxylic acids is 1. The van der Waals surface area contributed by atoms with E-state index in [0.29, 0.717) is 6.54 Å². The van der Waals surface area contributed by atoms with Gasteiger partial charge in [-0.1, -0.05) is 0 Å². The van der Waals surface area contributed by atoms with Gasteiger partial charge in [0.1, 0.15) is 5.82 Å². The Morgan fingerprint density at radius 1 is 1.33 bits per heavy atom. The van der Waals surface area contributed by atoms with Crippen LogP contribution in [0.2, 0.25) is 0 Å². The molecule has 0 atom stereocenters. The summed E-state index contributed by atoms with van der Waals surface area (Å²) in [5.74, 6) is -1.07. The molecular formula is C14H16N4O3. The standard InChI is InChI=1S/C14H16N4O3/c1-9-7-10(2)18(17-9)6-4-13(19)16-12-8-11(14(20)21)3-5-15-12/h3,5,7-8H,4,6H2,1-2H3,(H,20,21)(H,15,16,19). The van der Waals surface area contributed by atoms with Crippen LogP contribution in [0.15, 0.2) is 24.4 Å². The number of carboxylic acid groups (broad SMARTS) is 1. The third-order valence-corrected chi connectivity index (χ3v) is 2.93. The molecule has 2 N–H and O–H groups in total. The first-order valence-electron chi connectivity index (χ1n) is 6.46. The number of carbonyl (C=O) groups is 2. The molecule has 0 fully saturated rings. The number of carbonyl (C=O) groups excluding carboxylic acids is 1. The van der Waals surface area contributed by atoms with Gasteiger partial charge in [0.25, 0.3) is 0 Å². The molecule has 0 radical (unpaired) electrons. The lowest BCUT2D eigenvalue weighted by Crippen LogP contribution is -2.16. The van der Waals surface area contributed by atoms with Gasteiger partial charge in [-0.25, -0.2) is 9.78 Å². The monoisotopic (exact) mass is 288 g/mol. The van der Waals surface area contributed by atoms with Gasteiger partial charge in [0.15, 0.2) is 0 Å². The summed E-state index contributed by atoms with van der Waals surface area (Å²) >= 11 is 0. The van der Waals surface area contributed by atoms with E-state index in [1.165, 1.54) is 18.3 Å². The number of carboxylic acids is 1. The van der Waals surface area contributed by atoms with E-state index < -0.39 is 5.97 Å². The second-order valence-electron chi connectivity index (χ2n) is 4.68. The lowest BCUT2D eigenvalue weighted by Gasteiger charge is -2.06. The fourth-order valence-corrected chi connectivity index (χ4v) is 1.95. The number of rotatable bonds is 5. The lowest BCUT2D eigenvalue weighted by molar-refractivity contribution is -0.116. The van der Waals surface area contributed by atoms with Gasteiger partial charge in [-0.15, -0.1) is 0 Å². The minimum atomic E-state index is -1.06. The van der Waals surface area contributed by atoms with Crippen LogP contribution in [-0.4, -0.2) is 31.7 Å². The van der Waals surface area contributed by atoms with Crippen molar-refractivity contribution in [1.82, 2.24) is 14.8 Å². The molecule has 0 unspecified atom stereocenters. The SMILES string of the molecule is Cc1cc(C)n(CCC(=O)Nc2cc(C(=O)O)ccn2)n1. The zero-order valence-electron chi connectivity index (χ0n) is 11.8. The topological polar surface area (TPSA) is 97.1 Å². The number of hydrogen-bond acceptors (Lipinski definition) is 4. The molecule has 1 amide bonds. The maximum absolute atomic E-state index is 11.8. The molecular weight excluding hydrogens is 272 g/mol. The van der Waals surface area contributed by atoms with Gasteiger partial charge < -0.3 is 10.4 Å². The van der Waals surface area contributed by atoms with Crippen LogP contribution in [0.5, 0.6) is 0 Å². The van der Waals surface area contributed by atoms with Crippen molar-refractivity contribution < 1.29 is 14.7 Å². The first-order valence-corrected chi connectivity index (χ1v) is 6.46. The largest absolute Gasteiger partial charge is 0.478 e. The van der Waals surface area contributed by atoms with E-state index in [0.717, 1.165) is 11.4 Å². The van der Waals surface area contributed by atoms with Gasteiger partial charge in [-0.3, -0.25) is 9.48 Å². The minimum Gasteiger partial charge on any atom is -0.478 e. The zero-order valence-corrected chi connectivity index (χ0v) is 11.8. The summed E-state index contributed by atoms with van der Waals surface area (Å²) in [6.07, 6.45) is 1.58. The fourth-order valence-electron chi connectivity index (χ4n) is 1.95. The Hall–Kier alpha value is -2.70. The van der Waals surface area contributed by atoms with Crippen LogP contribution >= 0.6 is 0 Å². The average molecular weight is 288 g/mol. The summed E-state index contributed by atoms with van der Waals surface area (Å²) in [5, 5.41) is 15.7. The Labute approximate surface area is 121 Å². The highest BCUT2D eigenvalue weighted by atomic mass is 16.4. The molecule has 0 saturated heterocycles. The van der Waals surface area contributed by atoms with Crippen molar-refractivity contribution >= 4 is 17.7 Å². The summed E-state index contributed by atoms with van der Waals surface area (Å²) in [4.78, 5) is 26.6. The van der Waals surface area contributed by atoms with E-state index in [1.54, 1.807) is 4.68 Å². The van der Waals surface area contributed by atoms with Gasteiger partial charge in [0.05, 0.1) is 11.3 Å². The Bertz CT molecular complexity index is 679. The summed E-state index contributed by atoms with van der Waals surface area (Å²) in [6, 6.07) is 4.63. The molecule has 7 nitrogen and oxygen atoms in total. The number of nitrogens with zero attached hydrogens (tertiary/aromatic N) is 3. The normalized spacial score (nSPS) is 10.4. The predicted molar refractivity (Wildman–Crippen MR) is 76.1 cm³/mol. The van der Waals surface area contributed by atoms with Crippen LogP contribution in [0, 0.1) is 13.8 Å². The Kier molecular flexibility index (Phi) is 4.32. The number of aromatic nitrogens is 3. The van der Waals surface area contributed by atoms with Crippen molar-refractivity contribution in [3.63, 3.8) is 0 Å². The summed E-state index contributed by atoms with van der Waals surface area (Å²) < 4.78 is 1.76. The fraction of sp³-hybridized carbons (Fsp3) is 0.286. The summed E-state index contributed by atoms with van der Waals surface area (Å²) in [5.41, 5.74) is 1.98. The van der Waals surface area contributed by atoms with Crippen molar-refractivity contribution in [2.45, 2.75) is 26.8 Å². The smallest absolute Gasteiger partial charge is 0.335 e. The first-order chi connectivity index (χ1) is 9.95. The predicted octanol–water partition coefficient (Wildman–Crippen LogP) is 1.62. The molecule has 110 valence electrons. The highest BCUT2D eigenvalue weighted by molar-refractivity contribution is 5.92. The Morgan fingerprint density at radius 2 is 2.10 bits per heavy atom. The molecule has 2 rings (SSSR count). The number of nitrogens with one attached hydrogen (secondary N) is 1. The average Bonchev–Trinajstić information content (AvgIpc) is 2.75. The quantitative estimate of drug-likeness (QED) is 0.871. The number of aryl methyl sites for hydroxylation is 3. The molecule has 0 saturated carbocycles. The van der Waals surface area contributed by atoms with E-state index in [4.69, 9.17) is 5.11 Å². The highest BCUT2D eigenvalue weighted by Crippen LogP contribution is 2.08. The van der Waals surface area contributed by atoms with E-state index >= 15 is 0 Å². The molecule has 7 heteroatoms. The molecule has 0 aliphatic rings. The van der Waals surface area contributed by atoms with Crippen LogP contribution in [0.1, 0.15) is 28.2 Å². The van der Waals surface area contributed by atoms with E-state index in [2.05, 4.69) is 15.4 Å². The Balaban J connectivity index is 1.94. The van der Waals surface area contributed by atoms with E-state index in [-0.39, 0.29) is 23.7 Å². The number of amides is 1. The van der Waals surface area contributed by atoms with Crippen molar-refractivity contribution in [3.05, 3.63) is 41.3 Å². The second kappa shape index (κ2) is 6.17.